The Labute approximate surface area is 135 Å². The fourth-order valence-corrected chi connectivity index (χ4v) is 2.40. The largest absolute Gasteiger partial charge is 0.353 e. The summed E-state index contributed by atoms with van der Waals surface area (Å²) in [6.07, 6.45) is 2.01. The zero-order chi connectivity index (χ0) is 16.1. The molecule has 0 radical (unpaired) electrons. The lowest BCUT2D eigenvalue weighted by Gasteiger charge is -2.22. The summed E-state index contributed by atoms with van der Waals surface area (Å²) in [4.78, 5) is 6.30. The lowest BCUT2D eigenvalue weighted by molar-refractivity contribution is 0.461. The van der Waals surface area contributed by atoms with Crippen LogP contribution in [0.3, 0.4) is 0 Å². The molecular formula is C16H20ClFN4. The number of aliphatic imine (C=N–C) groups is 1. The van der Waals surface area contributed by atoms with Crippen LogP contribution in [0.4, 0.5) is 4.39 Å². The standard InChI is InChI=1S/C16H20ClFN4/c1-19-16(22(3)11-13-5-4-8-21(13)2)20-10-12-6-7-15(18)14(17)9-12/h4-9H,10-11H2,1-3H3,(H,19,20). The van der Waals surface area contributed by atoms with Crippen molar-refractivity contribution in [2.75, 3.05) is 14.1 Å². The highest BCUT2D eigenvalue weighted by molar-refractivity contribution is 6.30. The molecule has 0 saturated heterocycles. The molecule has 0 unspecified atom stereocenters. The summed E-state index contributed by atoms with van der Waals surface area (Å²) in [6.45, 7) is 1.28. The molecule has 1 aromatic heterocycles. The van der Waals surface area contributed by atoms with Crippen molar-refractivity contribution in [3.8, 4) is 0 Å². The number of nitrogens with one attached hydrogen (secondary N) is 1. The lowest BCUT2D eigenvalue weighted by atomic mass is 10.2. The summed E-state index contributed by atoms with van der Waals surface area (Å²) >= 11 is 5.79. The number of rotatable bonds is 4. The molecule has 0 saturated carbocycles. The van der Waals surface area contributed by atoms with E-state index in [9.17, 15) is 4.39 Å². The maximum absolute atomic E-state index is 13.2. The Morgan fingerprint density at radius 1 is 1.41 bits per heavy atom. The molecule has 2 aromatic rings. The van der Waals surface area contributed by atoms with Crippen LogP contribution in [-0.4, -0.2) is 29.5 Å². The third-order valence-electron chi connectivity index (χ3n) is 3.46. The van der Waals surface area contributed by atoms with Gasteiger partial charge in [-0.25, -0.2) is 4.39 Å². The molecule has 1 N–H and O–H groups in total. The van der Waals surface area contributed by atoms with E-state index in [2.05, 4.69) is 20.9 Å². The van der Waals surface area contributed by atoms with E-state index in [4.69, 9.17) is 11.6 Å². The van der Waals surface area contributed by atoms with Crippen LogP contribution in [0.5, 0.6) is 0 Å². The molecule has 4 nitrogen and oxygen atoms in total. The van der Waals surface area contributed by atoms with E-state index in [-0.39, 0.29) is 5.02 Å². The molecule has 1 heterocycles. The molecule has 0 atom stereocenters. The summed E-state index contributed by atoms with van der Waals surface area (Å²) in [5.74, 6) is 0.359. The zero-order valence-corrected chi connectivity index (χ0v) is 13.7. The number of benzene rings is 1. The second-order valence-electron chi connectivity index (χ2n) is 5.12. The minimum Gasteiger partial charge on any atom is -0.353 e. The van der Waals surface area contributed by atoms with Gasteiger partial charge in [-0.15, -0.1) is 0 Å². The number of aromatic nitrogens is 1. The molecule has 0 aliphatic rings. The maximum Gasteiger partial charge on any atom is 0.194 e. The molecular weight excluding hydrogens is 303 g/mol. The van der Waals surface area contributed by atoms with Gasteiger partial charge in [0.25, 0.3) is 0 Å². The van der Waals surface area contributed by atoms with Crippen molar-refractivity contribution in [1.29, 1.82) is 0 Å². The SMILES string of the molecule is CN=C(NCc1ccc(F)c(Cl)c1)N(C)Cc1cccn1C. The maximum atomic E-state index is 13.2. The molecule has 0 fully saturated rings. The Balaban J connectivity index is 1.97. The van der Waals surface area contributed by atoms with Crippen LogP contribution in [-0.2, 0) is 20.1 Å². The van der Waals surface area contributed by atoms with E-state index in [0.717, 1.165) is 18.1 Å². The van der Waals surface area contributed by atoms with Crippen molar-refractivity contribution in [2.45, 2.75) is 13.1 Å². The van der Waals surface area contributed by atoms with Gasteiger partial charge < -0.3 is 14.8 Å². The highest BCUT2D eigenvalue weighted by Crippen LogP contribution is 2.15. The Morgan fingerprint density at radius 2 is 2.18 bits per heavy atom. The first-order valence-corrected chi connectivity index (χ1v) is 7.35. The average molecular weight is 323 g/mol. The van der Waals surface area contributed by atoms with Crippen LogP contribution in [0, 0.1) is 5.82 Å². The molecule has 0 bridgehead atoms. The minimum atomic E-state index is -0.407. The van der Waals surface area contributed by atoms with Gasteiger partial charge in [0, 0.05) is 39.6 Å². The van der Waals surface area contributed by atoms with Crippen molar-refractivity contribution in [3.05, 3.63) is 58.6 Å². The molecule has 0 aliphatic heterocycles. The van der Waals surface area contributed by atoms with Crippen LogP contribution < -0.4 is 5.32 Å². The van der Waals surface area contributed by atoms with Crippen LogP contribution in [0.1, 0.15) is 11.3 Å². The predicted octanol–water partition coefficient (Wildman–Crippen LogP) is 3.03. The molecule has 2 rings (SSSR count). The highest BCUT2D eigenvalue weighted by Gasteiger charge is 2.09. The summed E-state index contributed by atoms with van der Waals surface area (Å²) in [5, 5.41) is 3.38. The van der Waals surface area contributed by atoms with Crippen molar-refractivity contribution < 1.29 is 4.39 Å². The minimum absolute atomic E-state index is 0.131. The summed E-state index contributed by atoms with van der Waals surface area (Å²) < 4.78 is 15.2. The number of nitrogens with zero attached hydrogens (tertiary/aromatic N) is 3. The first kappa shape index (κ1) is 16.4. The number of halogens is 2. The number of guanidine groups is 1. The van der Waals surface area contributed by atoms with Gasteiger partial charge in [0.2, 0.25) is 0 Å². The van der Waals surface area contributed by atoms with Crippen molar-refractivity contribution in [1.82, 2.24) is 14.8 Å². The molecule has 0 aliphatic carbocycles. The van der Waals surface area contributed by atoms with E-state index in [1.54, 1.807) is 19.2 Å². The van der Waals surface area contributed by atoms with Gasteiger partial charge in [-0.05, 0) is 29.8 Å². The van der Waals surface area contributed by atoms with Crippen LogP contribution in [0.15, 0.2) is 41.5 Å². The van der Waals surface area contributed by atoms with Crippen molar-refractivity contribution in [3.63, 3.8) is 0 Å². The zero-order valence-electron chi connectivity index (χ0n) is 13.0. The van der Waals surface area contributed by atoms with Crippen molar-refractivity contribution >= 4 is 17.6 Å². The van der Waals surface area contributed by atoms with E-state index in [1.807, 2.05) is 31.3 Å². The quantitative estimate of drug-likeness (QED) is 0.693. The molecule has 0 amide bonds. The van der Waals surface area contributed by atoms with Crippen LogP contribution in [0.2, 0.25) is 5.02 Å². The van der Waals surface area contributed by atoms with Crippen LogP contribution >= 0.6 is 11.6 Å². The average Bonchev–Trinajstić information content (AvgIpc) is 2.88. The van der Waals surface area contributed by atoms with Gasteiger partial charge in [0.05, 0.1) is 11.6 Å². The third-order valence-corrected chi connectivity index (χ3v) is 3.75. The Bertz CT molecular complexity index is 666. The first-order valence-electron chi connectivity index (χ1n) is 6.97. The lowest BCUT2D eigenvalue weighted by Crippen LogP contribution is -2.38. The topological polar surface area (TPSA) is 32.6 Å². The highest BCUT2D eigenvalue weighted by atomic mass is 35.5. The predicted molar refractivity (Wildman–Crippen MR) is 88.5 cm³/mol. The Kier molecular flexibility index (Phi) is 5.44. The van der Waals surface area contributed by atoms with Gasteiger partial charge in [0.1, 0.15) is 5.82 Å². The third kappa shape index (κ3) is 4.01. The van der Waals surface area contributed by atoms with Gasteiger partial charge in [-0.2, -0.15) is 0 Å². The van der Waals surface area contributed by atoms with Gasteiger partial charge >= 0.3 is 0 Å². The van der Waals surface area contributed by atoms with E-state index < -0.39 is 5.82 Å². The summed E-state index contributed by atoms with van der Waals surface area (Å²) in [5.41, 5.74) is 2.09. The first-order chi connectivity index (χ1) is 10.5. The van der Waals surface area contributed by atoms with E-state index in [0.29, 0.717) is 6.54 Å². The van der Waals surface area contributed by atoms with Crippen molar-refractivity contribution in [2.24, 2.45) is 12.0 Å². The van der Waals surface area contributed by atoms with E-state index in [1.165, 1.54) is 11.8 Å². The van der Waals surface area contributed by atoms with E-state index >= 15 is 0 Å². The normalized spacial score (nSPS) is 11.6. The molecule has 6 heteroatoms. The van der Waals surface area contributed by atoms with Crippen LogP contribution in [0.25, 0.3) is 0 Å². The second kappa shape index (κ2) is 7.31. The molecule has 118 valence electrons. The Hall–Kier alpha value is -2.01. The second-order valence-corrected chi connectivity index (χ2v) is 5.52. The number of aryl methyl sites for hydroxylation is 1. The monoisotopic (exact) mass is 322 g/mol. The fourth-order valence-electron chi connectivity index (χ4n) is 2.19. The smallest absolute Gasteiger partial charge is 0.194 e. The summed E-state index contributed by atoms with van der Waals surface area (Å²) in [7, 11) is 5.72. The van der Waals surface area contributed by atoms with Gasteiger partial charge in [-0.1, -0.05) is 17.7 Å². The number of hydrogen-bond donors (Lipinski definition) is 1. The fraction of sp³-hybridized carbons (Fsp3) is 0.312. The summed E-state index contributed by atoms with van der Waals surface area (Å²) in [6, 6.07) is 8.78. The molecule has 1 aromatic carbocycles. The number of hydrogen-bond acceptors (Lipinski definition) is 1. The van der Waals surface area contributed by atoms with Gasteiger partial charge in [-0.3, -0.25) is 4.99 Å². The van der Waals surface area contributed by atoms with Gasteiger partial charge in [0.15, 0.2) is 5.96 Å². The Morgan fingerprint density at radius 3 is 2.77 bits per heavy atom. The molecule has 0 spiro atoms. The molecule has 22 heavy (non-hydrogen) atoms.